The first-order valence-electron chi connectivity index (χ1n) is 8.73. The number of amides is 1. The van der Waals surface area contributed by atoms with E-state index >= 15 is 0 Å². The summed E-state index contributed by atoms with van der Waals surface area (Å²) in [6.45, 7) is 3.24. The highest BCUT2D eigenvalue weighted by atomic mass is 16.5. The summed E-state index contributed by atoms with van der Waals surface area (Å²) >= 11 is 0. The van der Waals surface area contributed by atoms with Crippen LogP contribution in [0.4, 0.5) is 17.2 Å². The van der Waals surface area contributed by atoms with E-state index in [1.54, 1.807) is 24.3 Å². The van der Waals surface area contributed by atoms with Crippen LogP contribution in [0.25, 0.3) is 0 Å². The van der Waals surface area contributed by atoms with E-state index in [0.717, 1.165) is 11.3 Å². The lowest BCUT2D eigenvalue weighted by atomic mass is 10.2. The zero-order valence-corrected chi connectivity index (χ0v) is 15.1. The number of rotatable bonds is 7. The van der Waals surface area contributed by atoms with Gasteiger partial charge in [0.2, 0.25) is 0 Å². The Hall–Kier alpha value is -3.54. The third-order valence-corrected chi connectivity index (χ3v) is 3.94. The normalized spacial score (nSPS) is 10.3. The van der Waals surface area contributed by atoms with Crippen molar-refractivity contribution < 1.29 is 9.53 Å². The van der Waals surface area contributed by atoms with Gasteiger partial charge in [0, 0.05) is 12.7 Å². The molecule has 0 bridgehead atoms. The number of aromatic nitrogens is 1. The zero-order chi connectivity index (χ0) is 19.1. The van der Waals surface area contributed by atoms with Crippen LogP contribution in [-0.2, 0) is 6.54 Å². The van der Waals surface area contributed by atoms with Crippen LogP contribution in [0.15, 0.2) is 66.9 Å². The van der Waals surface area contributed by atoms with Gasteiger partial charge in [0.15, 0.2) is 0 Å². The molecule has 0 unspecified atom stereocenters. The number of anilines is 3. The van der Waals surface area contributed by atoms with Crippen molar-refractivity contribution in [2.24, 2.45) is 0 Å². The minimum atomic E-state index is -0.251. The third-order valence-electron chi connectivity index (χ3n) is 3.94. The van der Waals surface area contributed by atoms with Crippen molar-refractivity contribution in [2.75, 3.05) is 23.0 Å². The van der Waals surface area contributed by atoms with E-state index in [1.807, 2.05) is 43.3 Å². The summed E-state index contributed by atoms with van der Waals surface area (Å²) in [6.07, 6.45) is 1.54. The summed E-state index contributed by atoms with van der Waals surface area (Å²) in [5.74, 6) is 1.30. The predicted octanol–water partition coefficient (Wildman–Crippen LogP) is 3.93. The van der Waals surface area contributed by atoms with E-state index in [4.69, 9.17) is 10.5 Å². The highest BCUT2D eigenvalue weighted by molar-refractivity contribution is 6.05. The number of hydrogen-bond acceptors (Lipinski definition) is 5. The van der Waals surface area contributed by atoms with Crippen LogP contribution in [0.3, 0.4) is 0 Å². The molecule has 1 heterocycles. The maximum Gasteiger partial charge on any atom is 0.257 e. The molecule has 0 fully saturated rings. The molecule has 0 saturated heterocycles. The first kappa shape index (κ1) is 18.3. The summed E-state index contributed by atoms with van der Waals surface area (Å²) in [6, 6.07) is 18.5. The van der Waals surface area contributed by atoms with Gasteiger partial charge in [0.25, 0.3) is 5.91 Å². The van der Waals surface area contributed by atoms with Crippen molar-refractivity contribution >= 4 is 23.1 Å². The number of benzene rings is 2. The molecule has 3 aromatic rings. The van der Waals surface area contributed by atoms with E-state index in [9.17, 15) is 4.79 Å². The van der Waals surface area contributed by atoms with Crippen LogP contribution in [0.2, 0.25) is 0 Å². The molecule has 3 rings (SSSR count). The molecule has 2 aromatic carbocycles. The first-order chi connectivity index (χ1) is 13.2. The summed E-state index contributed by atoms with van der Waals surface area (Å²) in [4.78, 5) is 16.6. The van der Waals surface area contributed by atoms with Crippen LogP contribution in [0.5, 0.6) is 5.75 Å². The number of nitrogens with one attached hydrogen (secondary N) is 2. The van der Waals surface area contributed by atoms with Crippen molar-refractivity contribution in [1.29, 1.82) is 0 Å². The minimum Gasteiger partial charge on any atom is -0.494 e. The average Bonchev–Trinajstić information content (AvgIpc) is 2.70. The monoisotopic (exact) mass is 362 g/mol. The molecule has 1 aromatic heterocycles. The topological polar surface area (TPSA) is 89.3 Å². The van der Waals surface area contributed by atoms with Crippen molar-refractivity contribution in [3.8, 4) is 5.75 Å². The fourth-order valence-corrected chi connectivity index (χ4v) is 2.50. The lowest BCUT2D eigenvalue weighted by Gasteiger charge is -2.09. The van der Waals surface area contributed by atoms with Gasteiger partial charge in [-0.1, -0.05) is 24.3 Å². The molecule has 0 atom stereocenters. The molecule has 0 aliphatic carbocycles. The Kier molecular flexibility index (Phi) is 5.89. The molecule has 27 heavy (non-hydrogen) atoms. The van der Waals surface area contributed by atoms with E-state index in [-0.39, 0.29) is 5.91 Å². The van der Waals surface area contributed by atoms with E-state index in [0.29, 0.717) is 35.9 Å². The molecule has 0 aliphatic rings. The predicted molar refractivity (Wildman–Crippen MR) is 108 cm³/mol. The molecular formula is C21H22N4O2. The van der Waals surface area contributed by atoms with E-state index in [2.05, 4.69) is 15.6 Å². The number of ether oxygens (including phenoxy) is 1. The van der Waals surface area contributed by atoms with E-state index in [1.165, 1.54) is 6.20 Å². The molecule has 0 saturated carbocycles. The first-order valence-corrected chi connectivity index (χ1v) is 8.73. The van der Waals surface area contributed by atoms with Crippen LogP contribution in [-0.4, -0.2) is 17.5 Å². The number of nitrogen functional groups attached to an aromatic ring is 1. The van der Waals surface area contributed by atoms with Gasteiger partial charge in [-0.15, -0.1) is 0 Å². The van der Waals surface area contributed by atoms with Crippen molar-refractivity contribution in [1.82, 2.24) is 4.98 Å². The highest BCUT2D eigenvalue weighted by Crippen LogP contribution is 2.18. The van der Waals surface area contributed by atoms with Gasteiger partial charge in [0.05, 0.1) is 23.5 Å². The molecule has 6 nitrogen and oxygen atoms in total. The summed E-state index contributed by atoms with van der Waals surface area (Å²) in [5.41, 5.74) is 8.52. The number of hydrogen-bond donors (Lipinski definition) is 3. The summed E-state index contributed by atoms with van der Waals surface area (Å²) < 4.78 is 5.43. The van der Waals surface area contributed by atoms with Gasteiger partial charge < -0.3 is 21.1 Å². The van der Waals surface area contributed by atoms with Gasteiger partial charge in [-0.3, -0.25) is 4.79 Å². The fraction of sp³-hybridized carbons (Fsp3) is 0.143. The van der Waals surface area contributed by atoms with Crippen LogP contribution in [0.1, 0.15) is 22.8 Å². The third kappa shape index (κ3) is 4.98. The quantitative estimate of drug-likeness (QED) is 0.554. The maximum atomic E-state index is 12.3. The van der Waals surface area contributed by atoms with Crippen LogP contribution in [0, 0.1) is 0 Å². The smallest absolute Gasteiger partial charge is 0.257 e. The summed E-state index contributed by atoms with van der Waals surface area (Å²) in [5, 5.41) is 6.02. The molecule has 4 N–H and O–H groups in total. The van der Waals surface area contributed by atoms with Crippen LogP contribution >= 0.6 is 0 Å². The second kappa shape index (κ2) is 8.71. The Morgan fingerprint density at radius 2 is 1.85 bits per heavy atom. The van der Waals surface area contributed by atoms with E-state index < -0.39 is 0 Å². The zero-order valence-electron chi connectivity index (χ0n) is 15.1. The largest absolute Gasteiger partial charge is 0.494 e. The Morgan fingerprint density at radius 3 is 2.52 bits per heavy atom. The SMILES string of the molecule is CCOc1ccc(CNc2ccc(C(=O)Nc3ccccc3N)cn2)cc1. The van der Waals surface area contributed by atoms with Gasteiger partial charge in [-0.25, -0.2) is 4.98 Å². The summed E-state index contributed by atoms with van der Waals surface area (Å²) in [7, 11) is 0. The Morgan fingerprint density at radius 1 is 1.07 bits per heavy atom. The second-order valence-electron chi connectivity index (χ2n) is 5.90. The molecule has 6 heteroatoms. The Labute approximate surface area is 158 Å². The van der Waals surface area contributed by atoms with Crippen LogP contribution < -0.4 is 21.1 Å². The molecule has 0 spiro atoms. The number of nitrogens with two attached hydrogens (primary N) is 1. The van der Waals surface area contributed by atoms with Crippen molar-refractivity contribution in [3.05, 3.63) is 78.0 Å². The molecule has 0 aliphatic heterocycles. The Bertz CT molecular complexity index is 893. The van der Waals surface area contributed by atoms with Gasteiger partial charge in [0.1, 0.15) is 11.6 Å². The van der Waals surface area contributed by atoms with Gasteiger partial charge in [-0.2, -0.15) is 0 Å². The number of para-hydroxylation sites is 2. The highest BCUT2D eigenvalue weighted by Gasteiger charge is 2.08. The maximum absolute atomic E-state index is 12.3. The Balaban J connectivity index is 1.56. The van der Waals surface area contributed by atoms with Crippen molar-refractivity contribution in [2.45, 2.75) is 13.5 Å². The molecule has 1 amide bonds. The standard InChI is InChI=1S/C21H22N4O2/c1-2-27-17-10-7-15(8-11-17)13-23-20-12-9-16(14-24-20)21(26)25-19-6-4-3-5-18(19)22/h3-12,14H,2,13,22H2,1H3,(H,23,24)(H,25,26). The molecule has 138 valence electrons. The molecular weight excluding hydrogens is 340 g/mol. The lowest BCUT2D eigenvalue weighted by Crippen LogP contribution is -2.13. The van der Waals surface area contributed by atoms with Gasteiger partial charge >= 0.3 is 0 Å². The van der Waals surface area contributed by atoms with Gasteiger partial charge in [-0.05, 0) is 48.9 Å². The lowest BCUT2D eigenvalue weighted by molar-refractivity contribution is 0.102. The molecule has 0 radical (unpaired) electrons. The minimum absolute atomic E-state index is 0.251. The average molecular weight is 362 g/mol. The second-order valence-corrected chi connectivity index (χ2v) is 5.90. The number of carbonyl (C=O) groups is 1. The fourth-order valence-electron chi connectivity index (χ4n) is 2.50. The number of nitrogens with zero attached hydrogens (tertiary/aromatic N) is 1. The van der Waals surface area contributed by atoms with Crippen molar-refractivity contribution in [3.63, 3.8) is 0 Å². The number of carbonyl (C=O) groups excluding carboxylic acids is 1. The number of pyridine rings is 1.